The summed E-state index contributed by atoms with van der Waals surface area (Å²) in [4.78, 5) is 21.1. The molecular formula is C13H12FNO3. The van der Waals surface area contributed by atoms with E-state index in [4.69, 9.17) is 5.11 Å². The number of rotatable bonds is 3. The summed E-state index contributed by atoms with van der Waals surface area (Å²) in [6.07, 6.45) is 0.402. The summed E-state index contributed by atoms with van der Waals surface area (Å²) >= 11 is 0. The van der Waals surface area contributed by atoms with Gasteiger partial charge in [-0.3, -0.25) is 4.79 Å². The molecule has 0 radical (unpaired) electrons. The van der Waals surface area contributed by atoms with Crippen LogP contribution in [0.5, 0.6) is 0 Å². The molecule has 94 valence electrons. The standard InChI is InChI=1S/C13H12FNO3/c1-9(16)15-7-3-2-4-10-5-6-11(13(17)18)8-12(10)14/h5-6,8H,3,7H2,1H3,(H,15,16)(H,17,18). The summed E-state index contributed by atoms with van der Waals surface area (Å²) in [5.74, 6) is 3.29. The molecule has 2 N–H and O–H groups in total. The van der Waals surface area contributed by atoms with Crippen molar-refractivity contribution < 1.29 is 19.1 Å². The van der Waals surface area contributed by atoms with E-state index in [1.165, 1.54) is 19.1 Å². The minimum absolute atomic E-state index is 0.115. The molecule has 0 atom stereocenters. The largest absolute Gasteiger partial charge is 0.478 e. The van der Waals surface area contributed by atoms with Crippen LogP contribution in [0.4, 0.5) is 4.39 Å². The minimum atomic E-state index is -1.18. The molecule has 0 unspecified atom stereocenters. The van der Waals surface area contributed by atoms with E-state index in [1.54, 1.807) is 0 Å². The lowest BCUT2D eigenvalue weighted by molar-refractivity contribution is -0.118. The molecule has 0 saturated carbocycles. The summed E-state index contributed by atoms with van der Waals surface area (Å²) in [5.41, 5.74) is 0.0270. The normalized spacial score (nSPS) is 9.22. The van der Waals surface area contributed by atoms with Crippen LogP contribution in [0.2, 0.25) is 0 Å². The first kappa shape index (κ1) is 13.7. The summed E-state index contributed by atoms with van der Waals surface area (Å²) in [6, 6.07) is 3.55. The fourth-order valence-electron chi connectivity index (χ4n) is 1.21. The maximum atomic E-state index is 13.4. The average molecular weight is 249 g/mol. The molecule has 1 rings (SSSR count). The first-order valence-corrected chi connectivity index (χ1v) is 5.27. The number of carboxylic acid groups (broad SMARTS) is 1. The molecular weight excluding hydrogens is 237 g/mol. The van der Waals surface area contributed by atoms with E-state index in [0.29, 0.717) is 13.0 Å². The molecule has 4 nitrogen and oxygen atoms in total. The van der Waals surface area contributed by atoms with Crippen molar-refractivity contribution in [3.8, 4) is 11.8 Å². The van der Waals surface area contributed by atoms with Crippen LogP contribution in [0.15, 0.2) is 18.2 Å². The van der Waals surface area contributed by atoms with Crippen molar-refractivity contribution in [2.45, 2.75) is 13.3 Å². The van der Waals surface area contributed by atoms with Crippen molar-refractivity contribution in [3.63, 3.8) is 0 Å². The van der Waals surface area contributed by atoms with Gasteiger partial charge in [0.2, 0.25) is 5.91 Å². The zero-order valence-corrected chi connectivity index (χ0v) is 9.79. The van der Waals surface area contributed by atoms with Gasteiger partial charge in [-0.05, 0) is 18.2 Å². The molecule has 18 heavy (non-hydrogen) atoms. The number of amides is 1. The third kappa shape index (κ3) is 4.26. The Labute approximate surface area is 104 Å². The number of benzene rings is 1. The van der Waals surface area contributed by atoms with Gasteiger partial charge in [0.15, 0.2) is 0 Å². The maximum Gasteiger partial charge on any atom is 0.335 e. The van der Waals surface area contributed by atoms with E-state index in [2.05, 4.69) is 17.2 Å². The summed E-state index contributed by atoms with van der Waals surface area (Å²) in [7, 11) is 0. The fraction of sp³-hybridized carbons (Fsp3) is 0.231. The summed E-state index contributed by atoms with van der Waals surface area (Å²) in [5, 5.41) is 11.2. The molecule has 0 saturated heterocycles. The van der Waals surface area contributed by atoms with Crippen molar-refractivity contribution in [1.29, 1.82) is 0 Å². The molecule has 1 aromatic rings. The van der Waals surface area contributed by atoms with Gasteiger partial charge in [-0.2, -0.15) is 0 Å². The number of carbonyl (C=O) groups excluding carboxylic acids is 1. The van der Waals surface area contributed by atoms with Gasteiger partial charge in [0.05, 0.1) is 11.1 Å². The Hall–Kier alpha value is -2.35. The molecule has 5 heteroatoms. The van der Waals surface area contributed by atoms with Crippen molar-refractivity contribution >= 4 is 11.9 Å². The van der Waals surface area contributed by atoms with Crippen LogP contribution in [-0.4, -0.2) is 23.5 Å². The lowest BCUT2D eigenvalue weighted by Gasteiger charge is -1.97. The highest BCUT2D eigenvalue weighted by Crippen LogP contribution is 2.09. The third-order valence-corrected chi connectivity index (χ3v) is 2.06. The Bertz CT molecular complexity index is 529. The third-order valence-electron chi connectivity index (χ3n) is 2.06. The Morgan fingerprint density at radius 2 is 2.17 bits per heavy atom. The number of carboxylic acids is 1. The Kier molecular flexibility index (Phi) is 4.88. The number of carbonyl (C=O) groups is 2. The number of hydrogen-bond donors (Lipinski definition) is 2. The Morgan fingerprint density at radius 1 is 1.44 bits per heavy atom. The second-order valence-electron chi connectivity index (χ2n) is 3.53. The molecule has 1 aromatic carbocycles. The van der Waals surface area contributed by atoms with Crippen molar-refractivity contribution in [3.05, 3.63) is 35.1 Å². The number of halogens is 1. The molecule has 0 aliphatic rings. The van der Waals surface area contributed by atoms with Crippen molar-refractivity contribution in [2.75, 3.05) is 6.54 Å². The van der Waals surface area contributed by atoms with Crippen LogP contribution >= 0.6 is 0 Å². The predicted molar refractivity (Wildman–Crippen MR) is 63.5 cm³/mol. The molecule has 0 aliphatic carbocycles. The molecule has 0 aliphatic heterocycles. The second-order valence-corrected chi connectivity index (χ2v) is 3.53. The van der Waals surface area contributed by atoms with E-state index < -0.39 is 11.8 Å². The Balaban J connectivity index is 2.65. The fourth-order valence-corrected chi connectivity index (χ4v) is 1.21. The summed E-state index contributed by atoms with van der Waals surface area (Å²) in [6.45, 7) is 1.80. The minimum Gasteiger partial charge on any atom is -0.478 e. The van der Waals surface area contributed by atoms with Crippen LogP contribution < -0.4 is 5.32 Å². The van der Waals surface area contributed by atoms with Crippen LogP contribution in [0, 0.1) is 17.7 Å². The monoisotopic (exact) mass is 249 g/mol. The SMILES string of the molecule is CC(=O)NCCC#Cc1ccc(C(=O)O)cc1F. The number of aromatic carboxylic acids is 1. The van der Waals surface area contributed by atoms with E-state index in [-0.39, 0.29) is 17.0 Å². The van der Waals surface area contributed by atoms with E-state index in [9.17, 15) is 14.0 Å². The predicted octanol–water partition coefficient (Wildman–Crippen LogP) is 1.40. The van der Waals surface area contributed by atoms with Crippen LogP contribution in [0.1, 0.15) is 29.3 Å². The quantitative estimate of drug-likeness (QED) is 0.628. The molecule has 0 spiro atoms. The van der Waals surface area contributed by atoms with Gasteiger partial charge in [-0.25, -0.2) is 9.18 Å². The van der Waals surface area contributed by atoms with Crippen LogP contribution in [-0.2, 0) is 4.79 Å². The highest BCUT2D eigenvalue weighted by molar-refractivity contribution is 5.87. The summed E-state index contributed by atoms with van der Waals surface area (Å²) < 4.78 is 13.4. The molecule has 0 fully saturated rings. The lowest BCUT2D eigenvalue weighted by atomic mass is 10.1. The van der Waals surface area contributed by atoms with Crippen LogP contribution in [0.3, 0.4) is 0 Å². The molecule has 0 heterocycles. The Morgan fingerprint density at radius 3 is 2.72 bits per heavy atom. The van der Waals surface area contributed by atoms with Crippen molar-refractivity contribution in [1.82, 2.24) is 5.32 Å². The second kappa shape index (κ2) is 6.40. The zero-order chi connectivity index (χ0) is 13.5. The van der Waals surface area contributed by atoms with Crippen molar-refractivity contribution in [2.24, 2.45) is 0 Å². The van der Waals surface area contributed by atoms with Gasteiger partial charge in [-0.15, -0.1) is 0 Å². The highest BCUT2D eigenvalue weighted by atomic mass is 19.1. The first-order valence-electron chi connectivity index (χ1n) is 5.27. The highest BCUT2D eigenvalue weighted by Gasteiger charge is 2.06. The number of hydrogen-bond acceptors (Lipinski definition) is 2. The lowest BCUT2D eigenvalue weighted by Crippen LogP contribution is -2.20. The number of nitrogens with one attached hydrogen (secondary N) is 1. The zero-order valence-electron chi connectivity index (χ0n) is 9.79. The van der Waals surface area contributed by atoms with Gasteiger partial charge < -0.3 is 10.4 Å². The smallest absolute Gasteiger partial charge is 0.335 e. The van der Waals surface area contributed by atoms with Gasteiger partial charge in [0.1, 0.15) is 5.82 Å². The average Bonchev–Trinajstić information content (AvgIpc) is 2.29. The van der Waals surface area contributed by atoms with Gasteiger partial charge in [-0.1, -0.05) is 11.8 Å². The van der Waals surface area contributed by atoms with E-state index in [1.807, 2.05) is 0 Å². The molecule has 0 bridgehead atoms. The maximum absolute atomic E-state index is 13.4. The molecule has 0 aromatic heterocycles. The topological polar surface area (TPSA) is 66.4 Å². The van der Waals surface area contributed by atoms with E-state index in [0.717, 1.165) is 6.07 Å². The van der Waals surface area contributed by atoms with Gasteiger partial charge in [0.25, 0.3) is 0 Å². The molecule has 1 amide bonds. The van der Waals surface area contributed by atoms with Crippen LogP contribution in [0.25, 0.3) is 0 Å². The van der Waals surface area contributed by atoms with Gasteiger partial charge in [0, 0.05) is 19.9 Å². The van der Waals surface area contributed by atoms with E-state index >= 15 is 0 Å². The first-order chi connectivity index (χ1) is 8.50. The van der Waals surface area contributed by atoms with Gasteiger partial charge >= 0.3 is 5.97 Å².